The van der Waals surface area contributed by atoms with E-state index in [4.69, 9.17) is 7.10 Å². The minimum Gasteiger partial charge on any atom is -0.369 e. The molecule has 3 N–H and O–H groups in total. The maximum Gasteiger partial charge on any atom is 0.231 e. The van der Waals surface area contributed by atoms with Crippen LogP contribution in [0.25, 0.3) is 0 Å². The van der Waals surface area contributed by atoms with Gasteiger partial charge in [-0.1, -0.05) is 30.3 Å². The van der Waals surface area contributed by atoms with Crippen LogP contribution in [-0.4, -0.2) is 19.0 Å². The van der Waals surface area contributed by atoms with Crippen molar-refractivity contribution in [2.75, 3.05) is 13.1 Å². The van der Waals surface area contributed by atoms with Crippen molar-refractivity contribution in [1.82, 2.24) is 5.32 Å². The Balaban J connectivity index is 2.13. The Kier molecular flexibility index (Phi) is 4.76. The van der Waals surface area contributed by atoms with E-state index < -0.39 is 12.4 Å². The van der Waals surface area contributed by atoms with Crippen molar-refractivity contribution in [3.05, 3.63) is 35.9 Å². The lowest BCUT2D eigenvalue weighted by Crippen LogP contribution is -2.29. The zero-order chi connectivity index (χ0) is 11.8. The molecule has 82 valence electrons. The van der Waals surface area contributed by atoms with Gasteiger partial charge in [0.1, 0.15) is 0 Å². The monoisotopic (exact) mass is 207 g/mol. The number of primary amides is 1. The van der Waals surface area contributed by atoms with Crippen LogP contribution in [0.3, 0.4) is 0 Å². The highest BCUT2D eigenvalue weighted by Gasteiger charge is 1.94. The Bertz CT molecular complexity index is 316. The zero-order valence-corrected chi connectivity index (χ0v) is 8.78. The predicted octanol–water partition coefficient (Wildman–Crippen LogP) is 1.08. The summed E-state index contributed by atoms with van der Waals surface area (Å²) in [5, 5.41) is 2.76. The summed E-state index contributed by atoms with van der Waals surface area (Å²) < 4.78 is 7.61. The standard InChI is InChI=1S/C12H18N2O/c13-12(15)10-14-9-5-4-8-11-6-2-1-3-7-11/h1-3,6-7,14H,4-5,8-10H2,(H2,13,15)/i9D/t9-/m0/s1. The van der Waals surface area contributed by atoms with E-state index in [1.807, 2.05) is 18.2 Å². The number of nitrogens with one attached hydrogen (secondary N) is 1. The van der Waals surface area contributed by atoms with E-state index in [1.54, 1.807) is 0 Å². The quantitative estimate of drug-likeness (QED) is 0.703. The highest BCUT2D eigenvalue weighted by Crippen LogP contribution is 2.03. The fourth-order valence-electron chi connectivity index (χ4n) is 1.33. The number of amides is 1. The van der Waals surface area contributed by atoms with Crippen molar-refractivity contribution in [2.45, 2.75) is 19.3 Å². The lowest BCUT2D eigenvalue weighted by atomic mass is 10.1. The van der Waals surface area contributed by atoms with E-state index in [1.165, 1.54) is 5.56 Å². The molecule has 1 aromatic rings. The number of rotatable bonds is 7. The maximum absolute atomic E-state index is 10.5. The van der Waals surface area contributed by atoms with Gasteiger partial charge in [0.25, 0.3) is 0 Å². The van der Waals surface area contributed by atoms with Crippen molar-refractivity contribution in [1.29, 1.82) is 0 Å². The van der Waals surface area contributed by atoms with E-state index in [2.05, 4.69) is 17.4 Å². The fourth-order valence-corrected chi connectivity index (χ4v) is 1.33. The summed E-state index contributed by atoms with van der Waals surface area (Å²) in [6.45, 7) is -0.323. The second kappa shape index (κ2) is 7.01. The molecule has 0 aliphatic rings. The largest absolute Gasteiger partial charge is 0.369 e. The first-order chi connectivity index (χ1) is 7.68. The van der Waals surface area contributed by atoms with Gasteiger partial charge in [-0.3, -0.25) is 4.79 Å². The lowest BCUT2D eigenvalue weighted by molar-refractivity contribution is -0.117. The van der Waals surface area contributed by atoms with Crippen LogP contribution in [0.1, 0.15) is 19.8 Å². The molecule has 0 heterocycles. The fraction of sp³-hybridized carbons (Fsp3) is 0.417. The Morgan fingerprint density at radius 3 is 2.73 bits per heavy atom. The molecular formula is C12H18N2O. The van der Waals surface area contributed by atoms with Crippen LogP contribution in [0.5, 0.6) is 0 Å². The normalized spacial score (nSPS) is 13.2. The number of carbonyl (C=O) groups excluding carboxylic acids is 1. The smallest absolute Gasteiger partial charge is 0.231 e. The van der Waals surface area contributed by atoms with Gasteiger partial charge in [-0.05, 0) is 31.3 Å². The molecule has 1 rings (SSSR count). The van der Waals surface area contributed by atoms with E-state index in [0.29, 0.717) is 0 Å². The molecular weight excluding hydrogens is 188 g/mol. The minimum atomic E-state index is -0.416. The van der Waals surface area contributed by atoms with E-state index in [9.17, 15) is 4.79 Å². The highest BCUT2D eigenvalue weighted by molar-refractivity contribution is 5.75. The molecule has 0 fully saturated rings. The van der Waals surface area contributed by atoms with Crippen molar-refractivity contribution >= 4 is 5.91 Å². The third kappa shape index (κ3) is 5.86. The van der Waals surface area contributed by atoms with Crippen LogP contribution in [0.15, 0.2) is 30.3 Å². The second-order valence-corrected chi connectivity index (χ2v) is 3.43. The van der Waals surface area contributed by atoms with Gasteiger partial charge in [0.2, 0.25) is 5.91 Å². The van der Waals surface area contributed by atoms with Gasteiger partial charge in [-0.15, -0.1) is 0 Å². The SMILES string of the molecule is [2H][C@@H](CCCc1ccccc1)NCC(N)=O. The molecule has 0 saturated heterocycles. The summed E-state index contributed by atoms with van der Waals surface area (Å²) in [6.07, 6.45) is 2.63. The molecule has 0 unspecified atom stereocenters. The molecule has 0 aromatic heterocycles. The molecule has 3 nitrogen and oxygen atoms in total. The first kappa shape index (κ1) is 10.2. The summed E-state index contributed by atoms with van der Waals surface area (Å²) in [5.74, 6) is -0.416. The Morgan fingerprint density at radius 1 is 1.33 bits per heavy atom. The maximum atomic E-state index is 10.5. The van der Waals surface area contributed by atoms with Crippen molar-refractivity contribution in [3.8, 4) is 0 Å². The van der Waals surface area contributed by atoms with Gasteiger partial charge in [-0.25, -0.2) is 0 Å². The summed E-state index contributed by atoms with van der Waals surface area (Å²) in [6, 6.07) is 10.2. The summed E-state index contributed by atoms with van der Waals surface area (Å²) in [7, 11) is 0. The summed E-state index contributed by atoms with van der Waals surface area (Å²) in [5.41, 5.74) is 6.26. The Morgan fingerprint density at radius 2 is 2.07 bits per heavy atom. The van der Waals surface area contributed by atoms with Gasteiger partial charge in [-0.2, -0.15) is 0 Å². The van der Waals surface area contributed by atoms with Gasteiger partial charge in [0.05, 0.1) is 6.54 Å². The van der Waals surface area contributed by atoms with E-state index >= 15 is 0 Å². The van der Waals surface area contributed by atoms with Crippen LogP contribution in [0, 0.1) is 0 Å². The number of carbonyl (C=O) groups is 1. The van der Waals surface area contributed by atoms with Crippen LogP contribution in [0.2, 0.25) is 0 Å². The van der Waals surface area contributed by atoms with E-state index in [0.717, 1.165) is 19.3 Å². The minimum absolute atomic E-state index is 0.0828. The molecule has 0 aliphatic carbocycles. The van der Waals surface area contributed by atoms with Crippen LogP contribution < -0.4 is 11.1 Å². The lowest BCUT2D eigenvalue weighted by Gasteiger charge is -2.02. The summed E-state index contributed by atoms with van der Waals surface area (Å²) >= 11 is 0. The number of hydrogen-bond donors (Lipinski definition) is 2. The molecule has 3 heteroatoms. The van der Waals surface area contributed by atoms with E-state index in [-0.39, 0.29) is 6.54 Å². The first-order valence-electron chi connectivity index (χ1n) is 5.74. The Hall–Kier alpha value is -1.35. The summed E-state index contributed by atoms with van der Waals surface area (Å²) in [4.78, 5) is 10.5. The predicted molar refractivity (Wildman–Crippen MR) is 61.4 cm³/mol. The van der Waals surface area contributed by atoms with Gasteiger partial charge in [0.15, 0.2) is 0 Å². The molecule has 15 heavy (non-hydrogen) atoms. The number of aryl methyl sites for hydroxylation is 1. The molecule has 0 bridgehead atoms. The Labute approximate surface area is 92.1 Å². The molecule has 0 saturated carbocycles. The molecule has 0 radical (unpaired) electrons. The number of benzene rings is 1. The zero-order valence-electron chi connectivity index (χ0n) is 9.78. The average Bonchev–Trinajstić information content (AvgIpc) is 2.28. The number of nitrogens with two attached hydrogens (primary N) is 1. The molecule has 0 spiro atoms. The number of hydrogen-bond acceptors (Lipinski definition) is 2. The van der Waals surface area contributed by atoms with Crippen LogP contribution in [0.4, 0.5) is 0 Å². The second-order valence-electron chi connectivity index (χ2n) is 3.43. The van der Waals surface area contributed by atoms with Gasteiger partial charge < -0.3 is 11.1 Å². The first-order valence-corrected chi connectivity index (χ1v) is 5.16. The third-order valence-corrected chi connectivity index (χ3v) is 2.08. The van der Waals surface area contributed by atoms with Gasteiger partial charge >= 0.3 is 0 Å². The van der Waals surface area contributed by atoms with Crippen molar-refractivity contribution < 1.29 is 6.17 Å². The van der Waals surface area contributed by atoms with Crippen LogP contribution in [-0.2, 0) is 11.2 Å². The molecule has 1 aromatic carbocycles. The van der Waals surface area contributed by atoms with Crippen molar-refractivity contribution in [2.24, 2.45) is 5.73 Å². The topological polar surface area (TPSA) is 55.1 Å². The average molecular weight is 207 g/mol. The van der Waals surface area contributed by atoms with Crippen molar-refractivity contribution in [3.63, 3.8) is 0 Å². The molecule has 1 atom stereocenters. The van der Waals surface area contributed by atoms with Crippen LogP contribution >= 0.6 is 0 Å². The third-order valence-electron chi connectivity index (χ3n) is 2.08. The van der Waals surface area contributed by atoms with Gasteiger partial charge in [0, 0.05) is 1.37 Å². The highest BCUT2D eigenvalue weighted by atomic mass is 16.1. The molecule has 1 amide bonds. The molecule has 0 aliphatic heterocycles.